The van der Waals surface area contributed by atoms with Crippen molar-refractivity contribution in [3.8, 4) is 0 Å². The molecule has 6 heteroatoms. The van der Waals surface area contributed by atoms with E-state index in [1.807, 2.05) is 49.4 Å². The molecule has 140 valence electrons. The molecule has 28 heavy (non-hydrogen) atoms. The van der Waals surface area contributed by atoms with Crippen LogP contribution in [-0.2, 0) is 14.4 Å². The van der Waals surface area contributed by atoms with Crippen LogP contribution in [0.25, 0.3) is 0 Å². The second kappa shape index (κ2) is 6.35. The van der Waals surface area contributed by atoms with Gasteiger partial charge in [-0.15, -0.1) is 0 Å². The summed E-state index contributed by atoms with van der Waals surface area (Å²) in [5, 5.41) is 1.62. The van der Waals surface area contributed by atoms with Gasteiger partial charge in [0.25, 0.3) is 5.91 Å². The predicted octanol–water partition coefficient (Wildman–Crippen LogP) is 3.64. The molecule has 2 saturated heterocycles. The fourth-order valence-electron chi connectivity index (χ4n) is 3.91. The summed E-state index contributed by atoms with van der Waals surface area (Å²) in [6.07, 6.45) is 0.675. The molecule has 2 aliphatic heterocycles. The Morgan fingerprint density at radius 3 is 2.25 bits per heavy atom. The quantitative estimate of drug-likeness (QED) is 0.655. The van der Waals surface area contributed by atoms with Gasteiger partial charge < -0.3 is 4.42 Å². The molecule has 3 heterocycles. The number of carbonyl (C=O) groups is 2. The monoisotopic (exact) mass is 374 g/mol. The van der Waals surface area contributed by atoms with Gasteiger partial charge in [0.2, 0.25) is 5.91 Å². The number of benzene rings is 2. The SMILES string of the molecule is Cc1ccc(N2C(=O)[C@H]3[C@H](ON(c4ccccc4)[C@@H]3c3ccco3)C2=O)cc1. The fraction of sp³-hybridized carbons (Fsp3) is 0.182. The molecule has 0 saturated carbocycles. The predicted molar refractivity (Wildman–Crippen MR) is 102 cm³/mol. The van der Waals surface area contributed by atoms with Crippen LogP contribution in [0.5, 0.6) is 0 Å². The molecule has 0 radical (unpaired) electrons. The molecule has 2 fully saturated rings. The number of hydroxylamine groups is 1. The number of furan rings is 1. The van der Waals surface area contributed by atoms with Crippen molar-refractivity contribution in [2.75, 3.05) is 9.96 Å². The maximum atomic E-state index is 13.3. The first kappa shape index (κ1) is 16.8. The maximum absolute atomic E-state index is 13.3. The van der Waals surface area contributed by atoms with Crippen molar-refractivity contribution in [3.05, 3.63) is 84.3 Å². The number of nitrogens with zero attached hydrogens (tertiary/aromatic N) is 2. The molecule has 2 aliphatic rings. The number of carbonyl (C=O) groups excluding carboxylic acids is 2. The number of hydrogen-bond acceptors (Lipinski definition) is 5. The Balaban J connectivity index is 1.56. The number of fused-ring (bicyclic) bond motifs is 1. The molecular formula is C22H18N2O4. The molecule has 3 aromatic rings. The van der Waals surface area contributed by atoms with Gasteiger partial charge in [-0.2, -0.15) is 0 Å². The summed E-state index contributed by atoms with van der Waals surface area (Å²) in [6, 6.07) is 19.8. The zero-order chi connectivity index (χ0) is 19.3. The highest BCUT2D eigenvalue weighted by Crippen LogP contribution is 2.47. The lowest BCUT2D eigenvalue weighted by Crippen LogP contribution is -2.37. The van der Waals surface area contributed by atoms with E-state index in [9.17, 15) is 9.59 Å². The lowest BCUT2D eigenvalue weighted by molar-refractivity contribution is -0.126. The minimum atomic E-state index is -0.885. The normalized spacial score (nSPS) is 24.1. The van der Waals surface area contributed by atoms with Crippen LogP contribution < -0.4 is 9.96 Å². The second-order valence-corrected chi connectivity index (χ2v) is 7.02. The Morgan fingerprint density at radius 2 is 1.57 bits per heavy atom. The highest BCUT2D eigenvalue weighted by atomic mass is 16.7. The van der Waals surface area contributed by atoms with E-state index in [1.165, 1.54) is 4.90 Å². The minimum absolute atomic E-state index is 0.279. The molecule has 3 atom stereocenters. The highest BCUT2D eigenvalue weighted by molar-refractivity contribution is 6.23. The molecule has 0 unspecified atom stereocenters. The molecule has 2 aromatic carbocycles. The van der Waals surface area contributed by atoms with Gasteiger partial charge in [0.1, 0.15) is 17.7 Å². The first-order valence-corrected chi connectivity index (χ1v) is 9.14. The largest absolute Gasteiger partial charge is 0.467 e. The molecule has 0 spiro atoms. The van der Waals surface area contributed by atoms with Crippen LogP contribution in [0.15, 0.2) is 77.4 Å². The summed E-state index contributed by atoms with van der Waals surface area (Å²) in [7, 11) is 0. The van der Waals surface area contributed by atoms with E-state index in [0.29, 0.717) is 11.4 Å². The molecular weight excluding hydrogens is 356 g/mol. The number of aryl methyl sites for hydroxylation is 1. The van der Waals surface area contributed by atoms with Gasteiger partial charge in [-0.1, -0.05) is 35.9 Å². The molecule has 0 aliphatic carbocycles. The van der Waals surface area contributed by atoms with E-state index in [1.54, 1.807) is 35.6 Å². The Kier molecular flexibility index (Phi) is 3.80. The van der Waals surface area contributed by atoms with E-state index >= 15 is 0 Å². The number of imide groups is 1. The number of anilines is 2. The van der Waals surface area contributed by atoms with Gasteiger partial charge in [0.05, 0.1) is 17.6 Å². The standard InChI is InChI=1S/C22H18N2O4/c1-14-9-11-15(12-10-14)23-21(25)18-19(17-8-5-13-27-17)24(28-20(18)22(23)26)16-6-3-2-4-7-16/h2-13,18-20H,1H3/t18-,19-,20+/m1/s1. The van der Waals surface area contributed by atoms with E-state index in [4.69, 9.17) is 9.25 Å². The van der Waals surface area contributed by atoms with Crippen LogP contribution in [0, 0.1) is 12.8 Å². The van der Waals surface area contributed by atoms with Crippen LogP contribution in [0.1, 0.15) is 17.4 Å². The zero-order valence-electron chi connectivity index (χ0n) is 15.2. The topological polar surface area (TPSA) is 63.0 Å². The Labute approximate surface area is 161 Å². The smallest absolute Gasteiger partial charge is 0.266 e. The Bertz CT molecular complexity index is 1010. The first-order chi connectivity index (χ1) is 13.6. The van der Waals surface area contributed by atoms with Crippen LogP contribution in [-0.4, -0.2) is 17.9 Å². The number of hydrogen-bond donors (Lipinski definition) is 0. The van der Waals surface area contributed by atoms with E-state index in [2.05, 4.69) is 0 Å². The van der Waals surface area contributed by atoms with Crippen molar-refractivity contribution >= 4 is 23.2 Å². The molecule has 0 N–H and O–H groups in total. The van der Waals surface area contributed by atoms with Crippen LogP contribution in [0.4, 0.5) is 11.4 Å². The number of rotatable bonds is 3. The van der Waals surface area contributed by atoms with Gasteiger partial charge in [-0.05, 0) is 43.3 Å². The van der Waals surface area contributed by atoms with E-state index in [-0.39, 0.29) is 11.8 Å². The summed E-state index contributed by atoms with van der Waals surface area (Å²) >= 11 is 0. The summed E-state index contributed by atoms with van der Waals surface area (Å²) in [5.74, 6) is -0.726. The zero-order valence-corrected chi connectivity index (χ0v) is 15.2. The molecule has 0 bridgehead atoms. The number of amides is 2. The molecule has 6 nitrogen and oxygen atoms in total. The minimum Gasteiger partial charge on any atom is -0.467 e. The van der Waals surface area contributed by atoms with Gasteiger partial charge in [-0.3, -0.25) is 14.4 Å². The average molecular weight is 374 g/mol. The summed E-state index contributed by atoms with van der Waals surface area (Å²) in [5.41, 5.74) is 2.38. The van der Waals surface area contributed by atoms with E-state index in [0.717, 1.165) is 11.3 Å². The molecule has 2 amide bonds. The van der Waals surface area contributed by atoms with Gasteiger partial charge in [0.15, 0.2) is 6.10 Å². The van der Waals surface area contributed by atoms with Crippen molar-refractivity contribution in [1.29, 1.82) is 0 Å². The number of para-hydroxylation sites is 1. The van der Waals surface area contributed by atoms with Gasteiger partial charge in [0, 0.05) is 0 Å². The van der Waals surface area contributed by atoms with Crippen molar-refractivity contribution in [1.82, 2.24) is 0 Å². The maximum Gasteiger partial charge on any atom is 0.266 e. The Hall–Kier alpha value is -3.38. The first-order valence-electron chi connectivity index (χ1n) is 9.14. The van der Waals surface area contributed by atoms with Crippen LogP contribution in [0.3, 0.4) is 0 Å². The lowest BCUT2D eigenvalue weighted by atomic mass is 9.94. The Morgan fingerprint density at radius 1 is 0.821 bits per heavy atom. The fourth-order valence-corrected chi connectivity index (χ4v) is 3.91. The second-order valence-electron chi connectivity index (χ2n) is 7.02. The summed E-state index contributed by atoms with van der Waals surface area (Å²) in [6.45, 7) is 1.96. The third kappa shape index (κ3) is 2.46. The van der Waals surface area contributed by atoms with Crippen molar-refractivity contribution in [2.24, 2.45) is 5.92 Å². The van der Waals surface area contributed by atoms with Crippen LogP contribution in [0.2, 0.25) is 0 Å². The van der Waals surface area contributed by atoms with Crippen molar-refractivity contribution < 1.29 is 18.8 Å². The van der Waals surface area contributed by atoms with E-state index < -0.39 is 18.1 Å². The lowest BCUT2D eigenvalue weighted by Gasteiger charge is -2.27. The third-order valence-electron chi connectivity index (χ3n) is 5.25. The third-order valence-corrected chi connectivity index (χ3v) is 5.25. The van der Waals surface area contributed by atoms with Crippen molar-refractivity contribution in [3.63, 3.8) is 0 Å². The van der Waals surface area contributed by atoms with Gasteiger partial charge in [-0.25, -0.2) is 9.96 Å². The summed E-state index contributed by atoms with van der Waals surface area (Å²) in [4.78, 5) is 33.7. The average Bonchev–Trinajstić information content (AvgIpc) is 3.42. The van der Waals surface area contributed by atoms with Crippen LogP contribution >= 0.6 is 0 Å². The summed E-state index contributed by atoms with van der Waals surface area (Å²) < 4.78 is 5.61. The van der Waals surface area contributed by atoms with Gasteiger partial charge >= 0.3 is 0 Å². The molecule has 1 aromatic heterocycles. The van der Waals surface area contributed by atoms with Crippen molar-refractivity contribution in [2.45, 2.75) is 19.1 Å². The molecule has 5 rings (SSSR count). The highest BCUT2D eigenvalue weighted by Gasteiger charge is 2.61.